The maximum atomic E-state index is 4.47. The number of aromatic nitrogens is 1. The third kappa shape index (κ3) is 2.83. The molecule has 0 saturated heterocycles. The Morgan fingerprint density at radius 3 is 2.88 bits per heavy atom. The summed E-state index contributed by atoms with van der Waals surface area (Å²) in [6, 6.07) is 8.39. The van der Waals surface area contributed by atoms with Crippen molar-refractivity contribution in [1.29, 1.82) is 0 Å². The van der Waals surface area contributed by atoms with Crippen LogP contribution in [0.2, 0.25) is 0 Å². The molecular formula is C12H13BrN2S. The van der Waals surface area contributed by atoms with Crippen LogP contribution in [0.5, 0.6) is 0 Å². The van der Waals surface area contributed by atoms with Crippen molar-refractivity contribution in [3.05, 3.63) is 44.8 Å². The molecule has 0 radical (unpaired) electrons. The highest BCUT2D eigenvalue weighted by Crippen LogP contribution is 2.22. The Balaban J connectivity index is 2.10. The van der Waals surface area contributed by atoms with Gasteiger partial charge in [-0.1, -0.05) is 22.0 Å². The maximum Gasteiger partial charge on any atom is 0.0898 e. The van der Waals surface area contributed by atoms with Gasteiger partial charge in [-0.05, 0) is 32.0 Å². The zero-order chi connectivity index (χ0) is 11.5. The van der Waals surface area contributed by atoms with Gasteiger partial charge in [-0.3, -0.25) is 0 Å². The lowest BCUT2D eigenvalue weighted by Gasteiger charge is -2.13. The van der Waals surface area contributed by atoms with E-state index in [0.717, 1.165) is 20.9 Å². The molecule has 0 fully saturated rings. The number of hydrogen-bond donors (Lipinski definition) is 1. The number of rotatable bonds is 3. The van der Waals surface area contributed by atoms with Crippen LogP contribution in [0.3, 0.4) is 0 Å². The summed E-state index contributed by atoms with van der Waals surface area (Å²) in [6.07, 6.45) is 0. The normalized spacial score (nSPS) is 12.4. The molecule has 0 aliphatic carbocycles. The number of thiazole rings is 1. The lowest BCUT2D eigenvalue weighted by molar-refractivity contribution is 0.845. The number of halogens is 1. The first-order valence-corrected chi connectivity index (χ1v) is 6.76. The predicted octanol–water partition coefficient (Wildman–Crippen LogP) is 4.39. The largest absolute Gasteiger partial charge is 0.377 e. The van der Waals surface area contributed by atoms with Crippen molar-refractivity contribution in [2.75, 3.05) is 5.32 Å². The van der Waals surface area contributed by atoms with Crippen LogP contribution in [0.25, 0.3) is 0 Å². The number of benzene rings is 1. The van der Waals surface area contributed by atoms with Gasteiger partial charge in [-0.15, -0.1) is 11.3 Å². The van der Waals surface area contributed by atoms with E-state index in [1.54, 1.807) is 11.3 Å². The topological polar surface area (TPSA) is 24.9 Å². The summed E-state index contributed by atoms with van der Waals surface area (Å²) < 4.78 is 1.08. The smallest absolute Gasteiger partial charge is 0.0898 e. The van der Waals surface area contributed by atoms with Gasteiger partial charge in [0.2, 0.25) is 0 Å². The van der Waals surface area contributed by atoms with Crippen LogP contribution >= 0.6 is 27.3 Å². The zero-order valence-corrected chi connectivity index (χ0v) is 11.6. The molecule has 1 unspecified atom stereocenters. The molecule has 1 atom stereocenters. The van der Waals surface area contributed by atoms with Crippen LogP contribution in [0, 0.1) is 6.92 Å². The summed E-state index contributed by atoms with van der Waals surface area (Å²) in [7, 11) is 0. The van der Waals surface area contributed by atoms with Crippen LogP contribution in [0.15, 0.2) is 34.1 Å². The quantitative estimate of drug-likeness (QED) is 0.909. The van der Waals surface area contributed by atoms with Gasteiger partial charge in [0, 0.05) is 15.5 Å². The molecule has 2 nitrogen and oxygen atoms in total. The highest BCUT2D eigenvalue weighted by atomic mass is 79.9. The maximum absolute atomic E-state index is 4.47. The van der Waals surface area contributed by atoms with Gasteiger partial charge in [0.1, 0.15) is 0 Å². The molecular weight excluding hydrogens is 284 g/mol. The molecule has 0 saturated carbocycles. The van der Waals surface area contributed by atoms with Crippen molar-refractivity contribution < 1.29 is 0 Å². The summed E-state index contributed by atoms with van der Waals surface area (Å²) in [4.78, 5) is 4.47. The van der Waals surface area contributed by atoms with Crippen LogP contribution in [-0.4, -0.2) is 4.98 Å². The van der Waals surface area contributed by atoms with Crippen LogP contribution in [0.1, 0.15) is 23.7 Å². The number of anilines is 1. The van der Waals surface area contributed by atoms with Crippen molar-refractivity contribution in [3.63, 3.8) is 0 Å². The average Bonchev–Trinajstić information content (AvgIpc) is 2.65. The first-order chi connectivity index (χ1) is 7.65. The molecule has 0 amide bonds. The van der Waals surface area contributed by atoms with Crippen molar-refractivity contribution in [2.24, 2.45) is 0 Å². The van der Waals surface area contributed by atoms with E-state index in [4.69, 9.17) is 0 Å². The van der Waals surface area contributed by atoms with Gasteiger partial charge in [0.25, 0.3) is 0 Å². The molecule has 2 aromatic rings. The molecule has 1 aromatic carbocycles. The summed E-state index contributed by atoms with van der Waals surface area (Å²) in [5.74, 6) is 0. The number of hydrogen-bond acceptors (Lipinski definition) is 3. The minimum atomic E-state index is 0.235. The van der Waals surface area contributed by atoms with E-state index in [9.17, 15) is 0 Å². The molecule has 1 aromatic heterocycles. The Kier molecular flexibility index (Phi) is 3.61. The second kappa shape index (κ2) is 4.97. The molecule has 0 bridgehead atoms. The van der Waals surface area contributed by atoms with Gasteiger partial charge in [0.05, 0.1) is 16.7 Å². The van der Waals surface area contributed by atoms with Crippen molar-refractivity contribution in [1.82, 2.24) is 4.98 Å². The minimum absolute atomic E-state index is 0.235. The third-order valence-corrected chi connectivity index (χ3v) is 3.57. The molecule has 0 aliphatic rings. The first-order valence-electron chi connectivity index (χ1n) is 5.09. The fourth-order valence-electron chi connectivity index (χ4n) is 1.48. The van der Waals surface area contributed by atoms with E-state index in [0.29, 0.717) is 0 Å². The molecule has 2 rings (SSSR count). The van der Waals surface area contributed by atoms with Crippen LogP contribution in [-0.2, 0) is 0 Å². The monoisotopic (exact) mass is 296 g/mol. The van der Waals surface area contributed by atoms with E-state index in [1.165, 1.54) is 0 Å². The second-order valence-corrected chi connectivity index (χ2v) is 5.65. The van der Waals surface area contributed by atoms with Crippen LogP contribution in [0.4, 0.5) is 5.69 Å². The summed E-state index contributed by atoms with van der Waals surface area (Å²) in [5, 5.41) is 6.64. The summed E-state index contributed by atoms with van der Waals surface area (Å²) >= 11 is 5.14. The second-order valence-electron chi connectivity index (χ2n) is 3.67. The Morgan fingerprint density at radius 1 is 1.44 bits per heavy atom. The highest BCUT2D eigenvalue weighted by Gasteiger charge is 2.08. The van der Waals surface area contributed by atoms with Gasteiger partial charge in [0.15, 0.2) is 0 Å². The summed E-state index contributed by atoms with van der Waals surface area (Å²) in [5.41, 5.74) is 2.20. The zero-order valence-electron chi connectivity index (χ0n) is 9.20. The first kappa shape index (κ1) is 11.6. The standard InChI is InChI=1S/C12H13BrN2S/c1-8(12-7-16-9(2)15-12)14-11-5-3-4-10(13)6-11/h3-8,14H,1-2H3. The van der Waals surface area contributed by atoms with Crippen molar-refractivity contribution in [2.45, 2.75) is 19.9 Å². The molecule has 84 valence electrons. The predicted molar refractivity (Wildman–Crippen MR) is 73.0 cm³/mol. The minimum Gasteiger partial charge on any atom is -0.377 e. The molecule has 4 heteroatoms. The van der Waals surface area contributed by atoms with E-state index < -0.39 is 0 Å². The van der Waals surface area contributed by atoms with E-state index in [-0.39, 0.29) is 6.04 Å². The van der Waals surface area contributed by atoms with Gasteiger partial charge in [-0.2, -0.15) is 0 Å². The fraction of sp³-hybridized carbons (Fsp3) is 0.250. The molecule has 0 aliphatic heterocycles. The third-order valence-electron chi connectivity index (χ3n) is 2.29. The Labute approximate surface area is 108 Å². The number of nitrogens with zero attached hydrogens (tertiary/aromatic N) is 1. The van der Waals surface area contributed by atoms with Gasteiger partial charge in [-0.25, -0.2) is 4.98 Å². The van der Waals surface area contributed by atoms with E-state index in [1.807, 2.05) is 19.1 Å². The molecule has 1 heterocycles. The van der Waals surface area contributed by atoms with Crippen molar-refractivity contribution in [3.8, 4) is 0 Å². The Morgan fingerprint density at radius 2 is 2.25 bits per heavy atom. The number of nitrogens with one attached hydrogen (secondary N) is 1. The molecule has 16 heavy (non-hydrogen) atoms. The molecule has 1 N–H and O–H groups in total. The average molecular weight is 297 g/mol. The van der Waals surface area contributed by atoms with Gasteiger partial charge >= 0.3 is 0 Å². The summed E-state index contributed by atoms with van der Waals surface area (Å²) in [6.45, 7) is 4.15. The Bertz CT molecular complexity index is 481. The molecule has 0 spiro atoms. The SMILES string of the molecule is Cc1nc(C(C)Nc2cccc(Br)c2)cs1. The lowest BCUT2D eigenvalue weighted by atomic mass is 10.2. The Hall–Kier alpha value is -0.870. The van der Waals surface area contributed by atoms with Crippen molar-refractivity contribution >= 4 is 33.0 Å². The van der Waals surface area contributed by atoms with E-state index >= 15 is 0 Å². The number of aryl methyl sites for hydroxylation is 1. The highest BCUT2D eigenvalue weighted by molar-refractivity contribution is 9.10. The fourth-order valence-corrected chi connectivity index (χ4v) is 2.59. The van der Waals surface area contributed by atoms with E-state index in [2.05, 4.69) is 50.7 Å². The lowest BCUT2D eigenvalue weighted by Crippen LogP contribution is -2.06. The van der Waals surface area contributed by atoms with Gasteiger partial charge < -0.3 is 5.32 Å². The van der Waals surface area contributed by atoms with Crippen LogP contribution < -0.4 is 5.32 Å².